The van der Waals surface area contributed by atoms with E-state index in [-0.39, 0.29) is 35.2 Å². The van der Waals surface area contributed by atoms with Gasteiger partial charge < -0.3 is 30.2 Å². The van der Waals surface area contributed by atoms with Crippen LogP contribution in [0.2, 0.25) is 5.02 Å². The normalized spacial score (nSPS) is 13.3. The van der Waals surface area contributed by atoms with Gasteiger partial charge in [-0.3, -0.25) is 9.79 Å². The Hall–Kier alpha value is -4.75. The number of nitrogens with one attached hydrogen (secondary N) is 3. The number of carbonyl (C=O) groups excluding carboxylic acids is 1. The molecule has 1 aliphatic heterocycles. The van der Waals surface area contributed by atoms with Crippen LogP contribution in [-0.4, -0.2) is 73.8 Å². The molecule has 2 heterocycles. The molecule has 1 atom stereocenters. The third kappa shape index (κ3) is 12.9. The first kappa shape index (κ1) is 43.0. The molecule has 1 amide bonds. The van der Waals surface area contributed by atoms with Gasteiger partial charge in [-0.1, -0.05) is 70.3 Å². The molecule has 0 bridgehead atoms. The standard InChI is InChI=1S/C42H51ClF2N6O4/c1-8-36(45)38(27(2)44)40-35-24-32(43)12-15-34(35)39-31(25-47-40)26-48-41(51-39)50-33-13-10-30(11-14-33)28(3)46-17-21-55-23-22-54-19-9-18-53-20-16-37(52)49-29(4)42(5,6)7/h8,10-15,24,26,29,46H,1-3,9,16-23,25H2,4-7H3,(H,49,52)(H,48,50,51)/b38-36-. The van der Waals surface area contributed by atoms with Crippen LogP contribution < -0.4 is 16.0 Å². The van der Waals surface area contributed by atoms with Crippen molar-refractivity contribution in [3.8, 4) is 11.3 Å². The second-order valence-corrected chi connectivity index (χ2v) is 14.4. The summed E-state index contributed by atoms with van der Waals surface area (Å²) < 4.78 is 46.1. The molecule has 3 N–H and O–H groups in total. The molecule has 0 saturated heterocycles. The Bertz CT molecular complexity index is 1890. The minimum absolute atomic E-state index is 0.00270. The summed E-state index contributed by atoms with van der Waals surface area (Å²) in [4.78, 5) is 25.8. The van der Waals surface area contributed by atoms with E-state index in [9.17, 15) is 13.6 Å². The zero-order valence-electron chi connectivity index (χ0n) is 32.1. The molecule has 4 rings (SSSR count). The number of carbonyl (C=O) groups is 1. The van der Waals surface area contributed by atoms with Crippen molar-refractivity contribution in [2.24, 2.45) is 10.4 Å². The third-order valence-corrected chi connectivity index (χ3v) is 9.10. The van der Waals surface area contributed by atoms with Gasteiger partial charge in [-0.15, -0.1) is 0 Å². The van der Waals surface area contributed by atoms with E-state index in [1.54, 1.807) is 24.4 Å². The highest BCUT2D eigenvalue weighted by Gasteiger charge is 2.26. The number of nitrogens with zero attached hydrogens (tertiary/aromatic N) is 3. The van der Waals surface area contributed by atoms with Crippen LogP contribution in [0, 0.1) is 5.41 Å². The third-order valence-electron chi connectivity index (χ3n) is 8.86. The van der Waals surface area contributed by atoms with Crippen LogP contribution in [0.1, 0.15) is 57.2 Å². The maximum atomic E-state index is 14.8. The summed E-state index contributed by atoms with van der Waals surface area (Å²) in [6.45, 7) is 22.8. The van der Waals surface area contributed by atoms with Gasteiger partial charge in [0.25, 0.3) is 0 Å². The van der Waals surface area contributed by atoms with Crippen molar-refractivity contribution in [1.82, 2.24) is 20.6 Å². The zero-order chi connectivity index (χ0) is 40.0. The van der Waals surface area contributed by atoms with Crippen molar-refractivity contribution < 1.29 is 27.8 Å². The average molecular weight is 777 g/mol. The fraction of sp³-hybridized carbons (Fsp3) is 0.381. The highest BCUT2D eigenvalue weighted by Crippen LogP contribution is 2.36. The lowest BCUT2D eigenvalue weighted by atomic mass is 9.88. The fourth-order valence-electron chi connectivity index (χ4n) is 5.31. The van der Waals surface area contributed by atoms with E-state index in [0.717, 1.165) is 29.4 Å². The molecule has 1 aromatic heterocycles. The number of halogens is 3. The molecule has 0 spiro atoms. The van der Waals surface area contributed by atoms with E-state index in [1.807, 2.05) is 31.2 Å². The predicted octanol–water partition coefficient (Wildman–Crippen LogP) is 8.68. The minimum atomic E-state index is -0.978. The number of anilines is 2. The molecule has 1 aliphatic rings. The SMILES string of the molecule is C=C/C(F)=C(\C(=C)F)C1=NCc2cnc(Nc3ccc(C(=C)NCCOCCOCCCOCCC(=O)NC(C)C(C)(C)C)cc3)nc2-c2ccc(Cl)cc21. The number of hydrogen-bond donors (Lipinski definition) is 3. The van der Waals surface area contributed by atoms with E-state index in [0.29, 0.717) is 86.0 Å². The molecule has 55 heavy (non-hydrogen) atoms. The number of aromatic nitrogens is 2. The summed E-state index contributed by atoms with van der Waals surface area (Å²) in [6.07, 6.45) is 3.65. The number of amides is 1. The number of fused-ring (bicyclic) bond motifs is 3. The Kier molecular flexibility index (Phi) is 16.3. The van der Waals surface area contributed by atoms with Crippen LogP contribution >= 0.6 is 11.6 Å². The Morgan fingerprint density at radius 3 is 2.35 bits per heavy atom. The number of hydrogen-bond acceptors (Lipinski definition) is 9. The molecule has 1 unspecified atom stereocenters. The first-order chi connectivity index (χ1) is 26.3. The molecule has 294 valence electrons. The van der Waals surface area contributed by atoms with Crippen molar-refractivity contribution in [3.05, 3.63) is 113 Å². The second-order valence-electron chi connectivity index (χ2n) is 14.0. The van der Waals surface area contributed by atoms with E-state index in [2.05, 4.69) is 66.4 Å². The van der Waals surface area contributed by atoms with Gasteiger partial charge in [0.2, 0.25) is 11.9 Å². The Balaban J connectivity index is 1.17. The molecule has 13 heteroatoms. The average Bonchev–Trinajstić information content (AvgIpc) is 3.29. The van der Waals surface area contributed by atoms with Gasteiger partial charge in [-0.2, -0.15) is 0 Å². The van der Waals surface area contributed by atoms with Crippen molar-refractivity contribution in [2.75, 3.05) is 51.5 Å². The Morgan fingerprint density at radius 1 is 0.982 bits per heavy atom. The second kappa shape index (κ2) is 20.8. The van der Waals surface area contributed by atoms with Crippen molar-refractivity contribution in [3.63, 3.8) is 0 Å². The first-order valence-electron chi connectivity index (χ1n) is 18.2. The maximum Gasteiger partial charge on any atom is 0.227 e. The number of ether oxygens (including phenoxy) is 3. The number of benzene rings is 2. The number of rotatable bonds is 21. The van der Waals surface area contributed by atoms with Gasteiger partial charge in [-0.05, 0) is 54.7 Å². The fourth-order valence-corrected chi connectivity index (χ4v) is 5.49. The van der Waals surface area contributed by atoms with Crippen LogP contribution in [0.25, 0.3) is 17.0 Å². The van der Waals surface area contributed by atoms with Crippen LogP contribution in [-0.2, 0) is 25.5 Å². The molecule has 10 nitrogen and oxygen atoms in total. The molecule has 0 fully saturated rings. The summed E-state index contributed by atoms with van der Waals surface area (Å²) in [6, 6.07) is 12.7. The topological polar surface area (TPSA) is 119 Å². The van der Waals surface area contributed by atoms with E-state index >= 15 is 0 Å². The molecular weight excluding hydrogens is 726 g/mol. The lowest BCUT2D eigenvalue weighted by Crippen LogP contribution is -2.41. The van der Waals surface area contributed by atoms with Gasteiger partial charge in [-0.25, -0.2) is 18.7 Å². The summed E-state index contributed by atoms with van der Waals surface area (Å²) in [5.41, 5.74) is 4.32. The van der Waals surface area contributed by atoms with Crippen molar-refractivity contribution in [1.29, 1.82) is 0 Å². The molecule has 0 aliphatic carbocycles. The van der Waals surface area contributed by atoms with Gasteiger partial charge in [0.1, 0.15) is 11.7 Å². The first-order valence-corrected chi connectivity index (χ1v) is 18.6. The maximum absolute atomic E-state index is 14.8. The zero-order valence-corrected chi connectivity index (χ0v) is 32.8. The van der Waals surface area contributed by atoms with Crippen LogP contribution in [0.4, 0.5) is 20.4 Å². The van der Waals surface area contributed by atoms with E-state index in [1.165, 1.54) is 0 Å². The highest BCUT2D eigenvalue weighted by molar-refractivity contribution is 6.31. The monoisotopic (exact) mass is 776 g/mol. The lowest BCUT2D eigenvalue weighted by molar-refractivity contribution is -0.123. The summed E-state index contributed by atoms with van der Waals surface area (Å²) in [5.74, 6) is -1.53. The molecule has 0 saturated carbocycles. The Labute approximate surface area is 327 Å². The van der Waals surface area contributed by atoms with Crippen LogP contribution in [0.3, 0.4) is 0 Å². The largest absolute Gasteiger partial charge is 0.383 e. The van der Waals surface area contributed by atoms with E-state index < -0.39 is 11.7 Å². The van der Waals surface area contributed by atoms with Gasteiger partial charge in [0, 0.05) is 71.5 Å². The molecular formula is C42H51ClF2N6O4. The molecule has 3 aromatic rings. The molecule has 2 aromatic carbocycles. The minimum Gasteiger partial charge on any atom is -0.383 e. The molecule has 0 radical (unpaired) electrons. The summed E-state index contributed by atoms with van der Waals surface area (Å²) in [7, 11) is 0. The number of aliphatic imine (C=N–C) groups is 1. The summed E-state index contributed by atoms with van der Waals surface area (Å²) in [5, 5.41) is 9.88. The van der Waals surface area contributed by atoms with Crippen molar-refractivity contribution in [2.45, 2.75) is 53.1 Å². The van der Waals surface area contributed by atoms with Gasteiger partial charge >= 0.3 is 0 Å². The smallest absolute Gasteiger partial charge is 0.227 e. The lowest BCUT2D eigenvalue weighted by Gasteiger charge is -2.28. The number of allylic oxidation sites excluding steroid dienone is 4. The van der Waals surface area contributed by atoms with Gasteiger partial charge in [0.15, 0.2) is 0 Å². The van der Waals surface area contributed by atoms with Crippen LogP contribution in [0.15, 0.2) is 96.7 Å². The highest BCUT2D eigenvalue weighted by atomic mass is 35.5. The Morgan fingerprint density at radius 2 is 1.67 bits per heavy atom. The van der Waals surface area contributed by atoms with Crippen molar-refractivity contribution >= 4 is 40.6 Å². The quantitative estimate of drug-likeness (QED) is 0.0727. The van der Waals surface area contributed by atoms with Crippen LogP contribution in [0.5, 0.6) is 0 Å². The predicted molar refractivity (Wildman–Crippen MR) is 217 cm³/mol. The van der Waals surface area contributed by atoms with E-state index in [4.69, 9.17) is 30.8 Å². The summed E-state index contributed by atoms with van der Waals surface area (Å²) >= 11 is 6.31. The van der Waals surface area contributed by atoms with Gasteiger partial charge in [0.05, 0.1) is 50.0 Å².